The van der Waals surface area contributed by atoms with Crippen LogP contribution in [0.1, 0.15) is 13.8 Å². The highest BCUT2D eigenvalue weighted by molar-refractivity contribution is 7.56. The summed E-state index contributed by atoms with van der Waals surface area (Å²) in [6.07, 6.45) is 0. The predicted molar refractivity (Wildman–Crippen MR) is 55.5 cm³/mol. The van der Waals surface area contributed by atoms with Crippen LogP contribution in [0.2, 0.25) is 0 Å². The summed E-state index contributed by atoms with van der Waals surface area (Å²) < 4.78 is 26.0. The summed E-state index contributed by atoms with van der Waals surface area (Å²) in [6.45, 7) is 3.37. The third kappa shape index (κ3) is 3.67. The molecule has 0 aromatic rings. The van der Waals surface area contributed by atoms with E-state index in [1.807, 2.05) is 0 Å². The van der Waals surface area contributed by atoms with Crippen LogP contribution in [0.15, 0.2) is 0 Å². The van der Waals surface area contributed by atoms with Gasteiger partial charge in [0.2, 0.25) is 5.66 Å². The first kappa shape index (κ1) is 14.2. The molecule has 0 aliphatic carbocycles. The molecule has 0 aliphatic rings. The van der Waals surface area contributed by atoms with Crippen molar-refractivity contribution in [1.29, 1.82) is 0 Å². The van der Waals surface area contributed by atoms with E-state index in [1.165, 1.54) is 21.1 Å². The third-order valence-corrected chi connectivity index (χ3v) is 3.61. The fourth-order valence-corrected chi connectivity index (χ4v) is 2.10. The monoisotopic (exact) mass is 234 g/mol. The molecular weight excluding hydrogens is 219 g/mol. The molecule has 6 heteroatoms. The number of rotatable bonds is 5. The van der Waals surface area contributed by atoms with Crippen molar-refractivity contribution in [1.82, 2.24) is 0 Å². The zero-order valence-corrected chi connectivity index (χ0v) is 10.2. The third-order valence-electron chi connectivity index (χ3n) is 1.62. The highest BCUT2D eigenvalue weighted by Gasteiger charge is 2.39. The molecule has 0 radical (unpaired) electrons. The summed E-state index contributed by atoms with van der Waals surface area (Å²) in [4.78, 5) is 11.4. The Labute approximate surface area is 89.6 Å². The van der Waals surface area contributed by atoms with Gasteiger partial charge in [-0.2, -0.15) is 0 Å². The zero-order chi connectivity index (χ0) is 11.9. The van der Waals surface area contributed by atoms with E-state index in [-0.39, 0.29) is 6.61 Å². The summed E-state index contributed by atoms with van der Waals surface area (Å²) in [5.74, 6) is 4.27. The van der Waals surface area contributed by atoms with Gasteiger partial charge in [-0.3, -0.25) is 9.36 Å². The summed E-state index contributed by atoms with van der Waals surface area (Å²) >= 11 is 0. The second kappa shape index (κ2) is 6.62. The molecule has 0 aromatic heterocycles. The fourth-order valence-electron chi connectivity index (χ4n) is 0.910. The first-order chi connectivity index (χ1) is 7.05. The van der Waals surface area contributed by atoms with Crippen LogP contribution >= 0.6 is 7.60 Å². The molecule has 0 spiro atoms. The van der Waals surface area contributed by atoms with Crippen molar-refractivity contribution in [3.8, 4) is 11.8 Å². The van der Waals surface area contributed by atoms with Gasteiger partial charge in [-0.25, -0.2) is 0 Å². The van der Waals surface area contributed by atoms with Gasteiger partial charge in [-0.1, -0.05) is 5.92 Å². The second-order valence-corrected chi connectivity index (χ2v) is 4.78. The standard InChI is InChI=1S/C9H15O5P/c1-5-7-8(9(10)14-6-2)15(11,12-3)13-4/h8H,6H2,1-4H3. The van der Waals surface area contributed by atoms with Crippen molar-refractivity contribution in [3.05, 3.63) is 0 Å². The summed E-state index contributed by atoms with van der Waals surface area (Å²) in [7, 11) is -1.14. The number of carbonyl (C=O) groups excluding carboxylic acids is 1. The van der Waals surface area contributed by atoms with Crippen LogP contribution in [0.3, 0.4) is 0 Å². The topological polar surface area (TPSA) is 61.8 Å². The van der Waals surface area contributed by atoms with Crippen LogP contribution in [0.25, 0.3) is 0 Å². The quantitative estimate of drug-likeness (QED) is 0.409. The first-order valence-corrected chi connectivity index (χ1v) is 5.97. The highest BCUT2D eigenvalue weighted by Crippen LogP contribution is 2.51. The molecule has 0 N–H and O–H groups in total. The van der Waals surface area contributed by atoms with Crippen molar-refractivity contribution < 1.29 is 23.1 Å². The summed E-state index contributed by atoms with van der Waals surface area (Å²) in [5, 5.41) is 0. The maximum absolute atomic E-state index is 11.9. The number of ether oxygens (including phenoxy) is 1. The van der Waals surface area contributed by atoms with Gasteiger partial charge in [0, 0.05) is 14.2 Å². The average molecular weight is 234 g/mol. The van der Waals surface area contributed by atoms with Gasteiger partial charge in [0.15, 0.2) is 0 Å². The van der Waals surface area contributed by atoms with Crippen molar-refractivity contribution in [2.24, 2.45) is 0 Å². The van der Waals surface area contributed by atoms with E-state index in [2.05, 4.69) is 11.8 Å². The van der Waals surface area contributed by atoms with Gasteiger partial charge >= 0.3 is 13.6 Å². The van der Waals surface area contributed by atoms with E-state index in [1.54, 1.807) is 6.92 Å². The SMILES string of the molecule is CC#CC(C(=O)OCC)P(=O)(OC)OC. The molecule has 0 aromatic carbocycles. The number of esters is 1. The highest BCUT2D eigenvalue weighted by atomic mass is 31.2. The first-order valence-electron chi connectivity index (χ1n) is 4.35. The van der Waals surface area contributed by atoms with E-state index in [9.17, 15) is 9.36 Å². The second-order valence-electron chi connectivity index (χ2n) is 2.45. The van der Waals surface area contributed by atoms with Crippen LogP contribution in [-0.4, -0.2) is 32.5 Å². The largest absolute Gasteiger partial charge is 0.465 e. The van der Waals surface area contributed by atoms with E-state index >= 15 is 0 Å². The lowest BCUT2D eigenvalue weighted by molar-refractivity contribution is -0.141. The van der Waals surface area contributed by atoms with E-state index < -0.39 is 19.2 Å². The van der Waals surface area contributed by atoms with Crippen molar-refractivity contribution in [2.45, 2.75) is 19.5 Å². The normalized spacial score (nSPS) is 12.5. The number of hydrogen-bond donors (Lipinski definition) is 0. The molecule has 0 saturated carbocycles. The van der Waals surface area contributed by atoms with E-state index in [4.69, 9.17) is 13.8 Å². The van der Waals surface area contributed by atoms with Gasteiger partial charge < -0.3 is 13.8 Å². The number of carbonyl (C=O) groups is 1. The maximum Gasteiger partial charge on any atom is 0.356 e. The zero-order valence-electron chi connectivity index (χ0n) is 9.27. The van der Waals surface area contributed by atoms with Crippen molar-refractivity contribution in [3.63, 3.8) is 0 Å². The lowest BCUT2D eigenvalue weighted by atomic mass is 10.4. The Hall–Kier alpha value is -0.820. The molecule has 0 rings (SSSR count). The van der Waals surface area contributed by atoms with Crippen LogP contribution in [0, 0.1) is 11.8 Å². The Kier molecular flexibility index (Phi) is 6.26. The Morgan fingerprint density at radius 1 is 1.40 bits per heavy atom. The lowest BCUT2D eigenvalue weighted by Gasteiger charge is -2.18. The van der Waals surface area contributed by atoms with Crippen LogP contribution in [0.4, 0.5) is 0 Å². The Morgan fingerprint density at radius 3 is 2.27 bits per heavy atom. The van der Waals surface area contributed by atoms with E-state index in [0.29, 0.717) is 0 Å². The Bertz CT molecular complexity index is 306. The fraction of sp³-hybridized carbons (Fsp3) is 0.667. The van der Waals surface area contributed by atoms with Gasteiger partial charge in [0.1, 0.15) is 0 Å². The van der Waals surface area contributed by atoms with Crippen LogP contribution in [0.5, 0.6) is 0 Å². The molecular formula is C9H15O5P. The molecule has 0 saturated heterocycles. The smallest absolute Gasteiger partial charge is 0.356 e. The van der Waals surface area contributed by atoms with Gasteiger partial charge in [-0.05, 0) is 13.8 Å². The summed E-state index contributed by atoms with van der Waals surface area (Å²) in [6, 6.07) is 0. The molecule has 1 atom stereocenters. The Morgan fingerprint density at radius 2 is 1.93 bits per heavy atom. The van der Waals surface area contributed by atoms with Crippen LogP contribution < -0.4 is 0 Å². The minimum absolute atomic E-state index is 0.189. The maximum atomic E-state index is 11.9. The molecule has 0 bridgehead atoms. The molecule has 86 valence electrons. The molecule has 0 aliphatic heterocycles. The summed E-state index contributed by atoms with van der Waals surface area (Å²) in [5.41, 5.74) is -1.18. The van der Waals surface area contributed by atoms with Gasteiger partial charge in [-0.15, -0.1) is 5.92 Å². The molecule has 0 heterocycles. The minimum Gasteiger partial charge on any atom is -0.465 e. The minimum atomic E-state index is -3.54. The molecule has 1 unspecified atom stereocenters. The number of hydrogen-bond acceptors (Lipinski definition) is 5. The van der Waals surface area contributed by atoms with Crippen molar-refractivity contribution in [2.75, 3.05) is 20.8 Å². The molecule has 5 nitrogen and oxygen atoms in total. The lowest BCUT2D eigenvalue weighted by Crippen LogP contribution is -2.23. The van der Waals surface area contributed by atoms with Crippen LogP contribution in [-0.2, 0) is 23.1 Å². The molecule has 0 fully saturated rings. The average Bonchev–Trinajstić information content (AvgIpc) is 2.25. The molecule has 15 heavy (non-hydrogen) atoms. The predicted octanol–water partition coefficient (Wildman–Crippen LogP) is 1.43. The van der Waals surface area contributed by atoms with Gasteiger partial charge in [0.25, 0.3) is 0 Å². The Balaban J connectivity index is 5.01. The van der Waals surface area contributed by atoms with E-state index in [0.717, 1.165) is 0 Å². The van der Waals surface area contributed by atoms with Crippen molar-refractivity contribution >= 4 is 13.6 Å². The molecule has 0 amide bonds. The van der Waals surface area contributed by atoms with Gasteiger partial charge in [0.05, 0.1) is 6.61 Å².